The third kappa shape index (κ3) is 3.23. The van der Waals surface area contributed by atoms with Crippen molar-refractivity contribution in [3.63, 3.8) is 0 Å². The zero-order chi connectivity index (χ0) is 21.5. The van der Waals surface area contributed by atoms with Crippen molar-refractivity contribution in [3.05, 3.63) is 65.2 Å². The predicted molar refractivity (Wildman–Crippen MR) is 117 cm³/mol. The SMILES string of the molecule is CCN(c1ccccc1)S(=O)(=O)c1cc(-n2c(O)c3c(c2O)CCCC3)ccc1C. The minimum Gasteiger partial charge on any atom is -0.494 e. The number of aromatic hydroxyl groups is 2. The normalized spacial score (nSPS) is 13.8. The van der Waals surface area contributed by atoms with Crippen LogP contribution in [0.4, 0.5) is 5.69 Å². The summed E-state index contributed by atoms with van der Waals surface area (Å²) in [6.07, 6.45) is 3.33. The van der Waals surface area contributed by atoms with E-state index in [1.165, 1.54) is 14.9 Å². The molecule has 1 aliphatic carbocycles. The van der Waals surface area contributed by atoms with Crippen molar-refractivity contribution < 1.29 is 18.6 Å². The van der Waals surface area contributed by atoms with Gasteiger partial charge in [0, 0.05) is 17.7 Å². The quantitative estimate of drug-likeness (QED) is 0.638. The topological polar surface area (TPSA) is 82.8 Å². The van der Waals surface area contributed by atoms with Gasteiger partial charge in [-0.2, -0.15) is 0 Å². The maximum atomic E-state index is 13.5. The highest BCUT2D eigenvalue weighted by Crippen LogP contribution is 2.41. The molecule has 158 valence electrons. The van der Waals surface area contributed by atoms with Crippen LogP contribution in [0, 0.1) is 6.92 Å². The maximum Gasteiger partial charge on any atom is 0.264 e. The number of aromatic nitrogens is 1. The second-order valence-corrected chi connectivity index (χ2v) is 9.43. The van der Waals surface area contributed by atoms with Crippen LogP contribution < -0.4 is 4.31 Å². The van der Waals surface area contributed by atoms with Crippen molar-refractivity contribution in [2.45, 2.75) is 44.4 Å². The van der Waals surface area contributed by atoms with Gasteiger partial charge < -0.3 is 10.2 Å². The van der Waals surface area contributed by atoms with Crippen LogP contribution in [0.2, 0.25) is 0 Å². The van der Waals surface area contributed by atoms with E-state index in [0.717, 1.165) is 24.0 Å². The van der Waals surface area contributed by atoms with Gasteiger partial charge in [-0.1, -0.05) is 24.3 Å². The minimum absolute atomic E-state index is 0.00944. The highest BCUT2D eigenvalue weighted by Gasteiger charge is 2.28. The Morgan fingerprint density at radius 2 is 1.57 bits per heavy atom. The van der Waals surface area contributed by atoms with Crippen LogP contribution in [-0.4, -0.2) is 29.7 Å². The average molecular weight is 427 g/mol. The Hall–Kier alpha value is -2.93. The lowest BCUT2D eigenvalue weighted by molar-refractivity contribution is 0.399. The lowest BCUT2D eigenvalue weighted by Gasteiger charge is -2.24. The van der Waals surface area contributed by atoms with Crippen LogP contribution in [0.15, 0.2) is 53.4 Å². The predicted octanol–water partition coefficient (Wildman–Crippen LogP) is 4.29. The third-order valence-corrected chi connectivity index (χ3v) is 7.81. The highest BCUT2D eigenvalue weighted by atomic mass is 32.2. The molecule has 3 aromatic rings. The van der Waals surface area contributed by atoms with E-state index >= 15 is 0 Å². The van der Waals surface area contributed by atoms with Gasteiger partial charge in [0.2, 0.25) is 11.8 Å². The first-order chi connectivity index (χ1) is 14.4. The van der Waals surface area contributed by atoms with Crippen LogP contribution in [-0.2, 0) is 22.9 Å². The van der Waals surface area contributed by atoms with Gasteiger partial charge in [0.05, 0.1) is 16.3 Å². The summed E-state index contributed by atoms with van der Waals surface area (Å²) in [7, 11) is -3.84. The Labute approximate surface area is 177 Å². The summed E-state index contributed by atoms with van der Waals surface area (Å²) in [4.78, 5) is 0.149. The second-order valence-electron chi connectivity index (χ2n) is 7.60. The summed E-state index contributed by atoms with van der Waals surface area (Å²) in [6.45, 7) is 3.82. The van der Waals surface area contributed by atoms with E-state index in [1.54, 1.807) is 50.2 Å². The van der Waals surface area contributed by atoms with Crippen molar-refractivity contribution in [1.82, 2.24) is 4.57 Å². The lowest BCUT2D eigenvalue weighted by atomic mass is 9.95. The molecule has 0 saturated heterocycles. The van der Waals surface area contributed by atoms with Crippen LogP contribution in [0.1, 0.15) is 36.5 Å². The molecule has 0 saturated carbocycles. The number of sulfonamides is 1. The summed E-state index contributed by atoms with van der Waals surface area (Å²) in [5, 5.41) is 21.5. The molecular weight excluding hydrogens is 400 g/mol. The standard InChI is InChI=1S/C23H26N2O4S/c1-3-24(17-9-5-4-6-10-17)30(28,29)21-15-18(14-13-16(21)2)25-22(26)19-11-7-8-12-20(19)23(25)27/h4-6,9-10,13-15,26-27H,3,7-8,11-12H2,1-2H3. The lowest BCUT2D eigenvalue weighted by Crippen LogP contribution is -2.31. The Morgan fingerprint density at radius 1 is 0.967 bits per heavy atom. The Balaban J connectivity index is 1.85. The fourth-order valence-electron chi connectivity index (χ4n) is 4.22. The summed E-state index contributed by atoms with van der Waals surface area (Å²) in [5.41, 5.74) is 3.12. The maximum absolute atomic E-state index is 13.5. The average Bonchev–Trinajstić information content (AvgIpc) is 3.00. The molecule has 0 amide bonds. The van der Waals surface area contributed by atoms with E-state index in [4.69, 9.17) is 0 Å². The molecule has 0 fully saturated rings. The van der Waals surface area contributed by atoms with Gasteiger partial charge in [0.15, 0.2) is 0 Å². The second kappa shape index (κ2) is 7.72. The number of para-hydroxylation sites is 1. The van der Waals surface area contributed by atoms with Crippen molar-refractivity contribution >= 4 is 15.7 Å². The molecule has 1 aliphatic rings. The Morgan fingerprint density at radius 3 is 2.13 bits per heavy atom. The number of aryl methyl sites for hydroxylation is 1. The van der Waals surface area contributed by atoms with E-state index in [2.05, 4.69) is 0 Å². The first kappa shape index (κ1) is 20.3. The van der Waals surface area contributed by atoms with E-state index in [9.17, 15) is 18.6 Å². The number of fused-ring (bicyclic) bond motifs is 1. The molecule has 0 spiro atoms. The summed E-state index contributed by atoms with van der Waals surface area (Å²) >= 11 is 0. The van der Waals surface area contributed by atoms with Crippen LogP contribution in [0.3, 0.4) is 0 Å². The largest absolute Gasteiger partial charge is 0.494 e. The molecule has 30 heavy (non-hydrogen) atoms. The summed E-state index contributed by atoms with van der Waals surface area (Å²) < 4.78 is 29.8. The Bertz CT molecular complexity index is 1150. The zero-order valence-corrected chi connectivity index (χ0v) is 18.0. The number of benzene rings is 2. The van der Waals surface area contributed by atoms with Gasteiger partial charge in [-0.15, -0.1) is 0 Å². The fourth-order valence-corrected chi connectivity index (χ4v) is 5.94. The van der Waals surface area contributed by atoms with Crippen molar-refractivity contribution in [2.75, 3.05) is 10.8 Å². The van der Waals surface area contributed by atoms with E-state index in [1.807, 2.05) is 6.07 Å². The number of rotatable bonds is 5. The summed E-state index contributed by atoms with van der Waals surface area (Å²) in [6, 6.07) is 13.9. The molecular formula is C23H26N2O4S. The molecule has 7 heteroatoms. The van der Waals surface area contributed by atoms with Gasteiger partial charge in [0.25, 0.3) is 10.0 Å². The Kier molecular flexibility index (Phi) is 5.24. The number of nitrogens with zero attached hydrogens (tertiary/aromatic N) is 2. The monoisotopic (exact) mass is 426 g/mol. The first-order valence-electron chi connectivity index (χ1n) is 10.2. The molecule has 2 N–H and O–H groups in total. The molecule has 0 aliphatic heterocycles. The zero-order valence-electron chi connectivity index (χ0n) is 17.2. The van der Waals surface area contributed by atoms with E-state index in [0.29, 0.717) is 29.8 Å². The van der Waals surface area contributed by atoms with Gasteiger partial charge in [-0.05, 0) is 69.4 Å². The number of hydrogen-bond donors (Lipinski definition) is 2. The molecule has 6 nitrogen and oxygen atoms in total. The van der Waals surface area contributed by atoms with Gasteiger partial charge >= 0.3 is 0 Å². The molecule has 1 aromatic heterocycles. The van der Waals surface area contributed by atoms with Crippen molar-refractivity contribution in [2.24, 2.45) is 0 Å². The molecule has 0 bridgehead atoms. The van der Waals surface area contributed by atoms with Crippen molar-refractivity contribution in [3.8, 4) is 17.4 Å². The third-order valence-electron chi connectivity index (χ3n) is 5.76. The number of hydrogen-bond acceptors (Lipinski definition) is 4. The molecule has 0 radical (unpaired) electrons. The highest BCUT2D eigenvalue weighted by molar-refractivity contribution is 7.92. The molecule has 0 unspecified atom stereocenters. The minimum atomic E-state index is -3.84. The fraction of sp³-hybridized carbons (Fsp3) is 0.304. The molecule has 2 aromatic carbocycles. The van der Waals surface area contributed by atoms with Gasteiger partial charge in [-0.3, -0.25) is 8.87 Å². The van der Waals surface area contributed by atoms with Gasteiger partial charge in [-0.25, -0.2) is 8.42 Å². The van der Waals surface area contributed by atoms with Crippen LogP contribution in [0.25, 0.3) is 5.69 Å². The van der Waals surface area contributed by atoms with Crippen LogP contribution >= 0.6 is 0 Å². The van der Waals surface area contributed by atoms with Crippen LogP contribution in [0.5, 0.6) is 11.8 Å². The molecule has 0 atom stereocenters. The van der Waals surface area contributed by atoms with E-state index in [-0.39, 0.29) is 23.2 Å². The molecule has 4 rings (SSSR count). The smallest absolute Gasteiger partial charge is 0.264 e. The first-order valence-corrected chi connectivity index (χ1v) is 11.6. The van der Waals surface area contributed by atoms with E-state index < -0.39 is 10.0 Å². The summed E-state index contributed by atoms with van der Waals surface area (Å²) in [5.74, 6) is -0.0189. The van der Waals surface area contributed by atoms with Crippen molar-refractivity contribution in [1.29, 1.82) is 0 Å². The number of anilines is 1. The molecule has 1 heterocycles. The van der Waals surface area contributed by atoms with Gasteiger partial charge in [0.1, 0.15) is 0 Å².